The molecular weight excluding hydrogens is 446 g/mol. The number of rotatable bonds is 0. The van der Waals surface area contributed by atoms with Crippen molar-refractivity contribution in [2.24, 2.45) is 11.3 Å². The van der Waals surface area contributed by atoms with Crippen molar-refractivity contribution in [1.82, 2.24) is 9.80 Å². The zero-order chi connectivity index (χ0) is 24.8. The highest BCUT2D eigenvalue weighted by atomic mass is 16.5. The number of hydrogen-bond donors (Lipinski definition) is 2. The highest BCUT2D eigenvalue weighted by molar-refractivity contribution is 6.09. The van der Waals surface area contributed by atoms with Crippen LogP contribution in [0.15, 0.2) is 24.5 Å². The van der Waals surface area contributed by atoms with Crippen molar-refractivity contribution in [3.63, 3.8) is 0 Å². The maximum absolute atomic E-state index is 14.1. The summed E-state index contributed by atoms with van der Waals surface area (Å²) in [5, 5.41) is 14.2. The lowest BCUT2D eigenvalue weighted by Crippen LogP contribution is -2.80. The van der Waals surface area contributed by atoms with E-state index in [0.29, 0.717) is 49.5 Å². The SMILES string of the molecule is CN1C(=O)[C@]23C[C@H]4C(C)(C)[C@@]5(C[C@@]41CN2CC[C@@H]3O)C(=O)Nc1c5ccc2c1OC=CC(C)(C)O2. The molecule has 8 rings (SSSR count). The summed E-state index contributed by atoms with van der Waals surface area (Å²) in [5.41, 5.74) is -1.60. The number of nitrogens with zero attached hydrogens (tertiary/aromatic N) is 2. The maximum Gasteiger partial charge on any atom is 0.246 e. The van der Waals surface area contributed by atoms with Gasteiger partial charge >= 0.3 is 0 Å². The average Bonchev–Trinajstić information content (AvgIpc) is 3.29. The van der Waals surface area contributed by atoms with Crippen molar-refractivity contribution in [3.8, 4) is 11.5 Å². The molecule has 5 atom stereocenters. The predicted octanol–water partition coefficient (Wildman–Crippen LogP) is 2.41. The van der Waals surface area contributed by atoms with Gasteiger partial charge in [-0.05, 0) is 62.1 Å². The van der Waals surface area contributed by atoms with Crippen molar-refractivity contribution in [3.05, 3.63) is 30.0 Å². The maximum atomic E-state index is 14.1. The Kier molecular flexibility index (Phi) is 3.74. The van der Waals surface area contributed by atoms with E-state index in [1.54, 1.807) is 6.26 Å². The Morgan fingerprint density at radius 1 is 1.17 bits per heavy atom. The molecule has 7 aliphatic rings. The lowest BCUT2D eigenvalue weighted by atomic mass is 9.57. The van der Waals surface area contributed by atoms with Crippen LogP contribution in [0.5, 0.6) is 11.5 Å². The molecule has 35 heavy (non-hydrogen) atoms. The van der Waals surface area contributed by atoms with E-state index in [1.807, 2.05) is 44.0 Å². The first-order valence-corrected chi connectivity index (χ1v) is 12.6. The molecule has 8 heteroatoms. The fourth-order valence-electron chi connectivity index (χ4n) is 8.74. The highest BCUT2D eigenvalue weighted by Gasteiger charge is 2.80. The van der Waals surface area contributed by atoms with Crippen LogP contribution in [0, 0.1) is 11.3 Å². The first kappa shape index (κ1) is 21.7. The fraction of sp³-hybridized carbons (Fsp3) is 0.630. The number of aliphatic hydroxyl groups excluding tert-OH is 1. The van der Waals surface area contributed by atoms with Gasteiger partial charge in [0.05, 0.1) is 29.0 Å². The second kappa shape index (κ2) is 6.03. The third-order valence-corrected chi connectivity index (χ3v) is 10.5. The number of aliphatic hydroxyl groups is 1. The summed E-state index contributed by atoms with van der Waals surface area (Å²) in [6.45, 7) is 9.67. The van der Waals surface area contributed by atoms with Gasteiger partial charge in [-0.3, -0.25) is 14.5 Å². The number of piperidine rings is 2. The van der Waals surface area contributed by atoms with Gasteiger partial charge in [-0.1, -0.05) is 19.9 Å². The molecule has 0 aromatic heterocycles. The number of carbonyl (C=O) groups is 2. The molecule has 0 unspecified atom stereocenters. The first-order chi connectivity index (χ1) is 16.4. The molecule has 5 fully saturated rings. The van der Waals surface area contributed by atoms with Gasteiger partial charge in [-0.2, -0.15) is 0 Å². The van der Waals surface area contributed by atoms with Crippen molar-refractivity contribution in [2.75, 3.05) is 25.5 Å². The number of fused-ring (bicyclic) bond motifs is 5. The first-order valence-electron chi connectivity index (χ1n) is 12.6. The van der Waals surface area contributed by atoms with Crippen molar-refractivity contribution in [1.29, 1.82) is 0 Å². The summed E-state index contributed by atoms with van der Waals surface area (Å²) in [7, 11) is 1.88. The van der Waals surface area contributed by atoms with Gasteiger partial charge in [0.1, 0.15) is 11.1 Å². The van der Waals surface area contributed by atoms with Crippen LogP contribution >= 0.6 is 0 Å². The van der Waals surface area contributed by atoms with Gasteiger partial charge in [-0.15, -0.1) is 0 Å². The van der Waals surface area contributed by atoms with Gasteiger partial charge in [-0.25, -0.2) is 0 Å². The zero-order valence-electron chi connectivity index (χ0n) is 21.0. The summed E-state index contributed by atoms with van der Waals surface area (Å²) in [4.78, 5) is 31.9. The number of piperazine rings is 1. The number of nitrogens with one attached hydrogen (secondary N) is 1. The van der Waals surface area contributed by atoms with Crippen molar-refractivity contribution < 1.29 is 24.2 Å². The minimum atomic E-state index is -0.872. The fourth-order valence-corrected chi connectivity index (χ4v) is 8.74. The largest absolute Gasteiger partial charge is 0.480 e. The van der Waals surface area contributed by atoms with E-state index in [2.05, 4.69) is 24.1 Å². The zero-order valence-corrected chi connectivity index (χ0v) is 21.0. The molecule has 3 spiro atoms. The quantitative estimate of drug-likeness (QED) is 0.594. The standard InChI is InChI=1S/C27H33N3O5/c1-23(2)9-11-34-20-16(35-23)7-6-15-19(20)28-21(32)26(15)13-25-14-30-10-8-18(31)27(30,22(33)29(25)5)12-17(25)24(26,3)4/h6-7,9,11,17-18,31H,8,10,12-14H2,1-5H3,(H,28,32)/t17-,18-,25+,26+,27+/m0/s1. The summed E-state index contributed by atoms with van der Waals surface area (Å²) >= 11 is 0. The van der Waals surface area contributed by atoms with E-state index in [0.717, 1.165) is 5.56 Å². The second-order valence-corrected chi connectivity index (χ2v) is 12.6. The third-order valence-electron chi connectivity index (χ3n) is 10.5. The number of anilines is 1. The molecule has 4 saturated heterocycles. The molecule has 1 aromatic rings. The van der Waals surface area contributed by atoms with E-state index < -0.39 is 33.6 Å². The summed E-state index contributed by atoms with van der Waals surface area (Å²) in [6.07, 6.45) is 4.55. The molecule has 6 aliphatic heterocycles. The van der Waals surface area contributed by atoms with Crippen molar-refractivity contribution >= 4 is 17.5 Å². The minimum absolute atomic E-state index is 0.00232. The van der Waals surface area contributed by atoms with Crippen LogP contribution in [0.1, 0.15) is 52.5 Å². The smallest absolute Gasteiger partial charge is 0.246 e. The van der Waals surface area contributed by atoms with E-state index in [-0.39, 0.29) is 17.7 Å². The molecule has 2 N–H and O–H groups in total. The van der Waals surface area contributed by atoms with Crippen LogP contribution < -0.4 is 14.8 Å². The van der Waals surface area contributed by atoms with Gasteiger partial charge < -0.3 is 24.8 Å². The summed E-state index contributed by atoms with van der Waals surface area (Å²) in [5.74, 6) is 1.14. The molecule has 1 aliphatic carbocycles. The monoisotopic (exact) mass is 479 g/mol. The second-order valence-electron chi connectivity index (χ2n) is 12.6. The molecule has 2 amide bonds. The van der Waals surface area contributed by atoms with Crippen LogP contribution in [0.25, 0.3) is 0 Å². The Balaban J connectivity index is 1.41. The van der Waals surface area contributed by atoms with Crippen LogP contribution in [0.4, 0.5) is 5.69 Å². The lowest BCUT2D eigenvalue weighted by molar-refractivity contribution is -0.194. The number of amides is 2. The van der Waals surface area contributed by atoms with Crippen LogP contribution in [0.3, 0.4) is 0 Å². The van der Waals surface area contributed by atoms with Crippen LogP contribution in [0.2, 0.25) is 0 Å². The van der Waals surface area contributed by atoms with E-state index in [4.69, 9.17) is 9.47 Å². The number of benzene rings is 1. The molecule has 0 radical (unpaired) electrons. The minimum Gasteiger partial charge on any atom is -0.480 e. The third kappa shape index (κ3) is 2.15. The number of ether oxygens (including phenoxy) is 2. The Hall–Kier alpha value is -2.58. The van der Waals surface area contributed by atoms with Gasteiger partial charge in [0.2, 0.25) is 11.8 Å². The molecular formula is C27H33N3O5. The lowest BCUT2D eigenvalue weighted by Gasteiger charge is -2.64. The summed E-state index contributed by atoms with van der Waals surface area (Å²) < 4.78 is 12.2. The van der Waals surface area contributed by atoms with E-state index >= 15 is 0 Å². The Morgan fingerprint density at radius 3 is 2.71 bits per heavy atom. The molecule has 186 valence electrons. The number of carbonyl (C=O) groups excluding carboxylic acids is 2. The highest BCUT2D eigenvalue weighted by Crippen LogP contribution is 2.72. The molecule has 1 saturated carbocycles. The van der Waals surface area contributed by atoms with Gasteiger partial charge in [0.15, 0.2) is 11.5 Å². The molecule has 8 nitrogen and oxygen atoms in total. The van der Waals surface area contributed by atoms with Gasteiger partial charge in [0, 0.05) is 20.1 Å². The van der Waals surface area contributed by atoms with Gasteiger partial charge in [0.25, 0.3) is 0 Å². The molecule has 2 bridgehead atoms. The predicted molar refractivity (Wildman–Crippen MR) is 128 cm³/mol. The number of hydrogen-bond acceptors (Lipinski definition) is 6. The Morgan fingerprint density at radius 2 is 1.94 bits per heavy atom. The normalized spacial score (nSPS) is 41.6. The van der Waals surface area contributed by atoms with E-state index in [1.165, 1.54) is 0 Å². The molecule has 1 aromatic carbocycles. The average molecular weight is 480 g/mol. The Bertz CT molecular complexity index is 1240. The van der Waals surface area contributed by atoms with Crippen molar-refractivity contribution in [2.45, 2.75) is 75.2 Å². The van der Waals surface area contributed by atoms with Crippen LogP contribution in [-0.4, -0.2) is 69.6 Å². The summed E-state index contributed by atoms with van der Waals surface area (Å²) in [6, 6.07) is 3.92. The Labute approximate surface area is 205 Å². The van der Waals surface area contributed by atoms with Crippen LogP contribution in [-0.2, 0) is 15.0 Å². The van der Waals surface area contributed by atoms with E-state index in [9.17, 15) is 14.7 Å². The topological polar surface area (TPSA) is 91.3 Å². The molecule has 6 heterocycles. The number of likely N-dealkylation sites (N-methyl/N-ethyl adjacent to an activating group) is 1.